The Morgan fingerprint density at radius 1 is 1.04 bits per heavy atom. The number of pyridine rings is 1. The van der Waals surface area contributed by atoms with Crippen LogP contribution in [-0.2, 0) is 0 Å². The molecule has 136 valence electrons. The molecule has 1 N–H and O–H groups in total. The maximum atomic E-state index is 13.1. The summed E-state index contributed by atoms with van der Waals surface area (Å²) in [5.41, 5.74) is 5.52. The highest BCUT2D eigenvalue weighted by Crippen LogP contribution is 2.37. The van der Waals surface area contributed by atoms with Gasteiger partial charge in [0, 0.05) is 17.6 Å². The van der Waals surface area contributed by atoms with Gasteiger partial charge in [-0.1, -0.05) is 6.07 Å². The van der Waals surface area contributed by atoms with E-state index in [9.17, 15) is 4.79 Å². The van der Waals surface area contributed by atoms with Gasteiger partial charge in [-0.25, -0.2) is 0 Å². The monoisotopic (exact) mass is 359 g/mol. The lowest BCUT2D eigenvalue weighted by Gasteiger charge is -2.27. The Kier molecular flexibility index (Phi) is 4.28. The van der Waals surface area contributed by atoms with Gasteiger partial charge in [-0.05, 0) is 73.5 Å². The number of rotatable bonds is 4. The zero-order chi connectivity index (χ0) is 19.0. The summed E-state index contributed by atoms with van der Waals surface area (Å²) in [6.45, 7) is 4.16. The van der Waals surface area contributed by atoms with Crippen LogP contribution in [0.25, 0.3) is 0 Å². The predicted octanol–water partition coefficient (Wildman–Crippen LogP) is 4.48. The van der Waals surface area contributed by atoms with Crippen molar-refractivity contribution in [1.82, 2.24) is 4.98 Å². The highest BCUT2D eigenvalue weighted by atomic mass is 16.5. The van der Waals surface area contributed by atoms with Gasteiger partial charge in [0.05, 0.1) is 18.4 Å². The normalized spacial score (nSPS) is 15.6. The van der Waals surface area contributed by atoms with Crippen LogP contribution in [0, 0.1) is 13.8 Å². The molecule has 0 fully saturated rings. The van der Waals surface area contributed by atoms with Crippen LogP contribution in [0.15, 0.2) is 60.8 Å². The Bertz CT molecular complexity index is 999. The number of hydrogen-bond acceptors (Lipinski definition) is 4. The Hall–Kier alpha value is -3.34. The van der Waals surface area contributed by atoms with Crippen LogP contribution < -0.4 is 15.0 Å². The summed E-state index contributed by atoms with van der Waals surface area (Å²) in [5.74, 6) is 0.685. The summed E-state index contributed by atoms with van der Waals surface area (Å²) in [6, 6.07) is 17.3. The molecule has 5 heteroatoms. The molecule has 1 atom stereocenters. The van der Waals surface area contributed by atoms with Crippen molar-refractivity contribution in [3.8, 4) is 5.75 Å². The Morgan fingerprint density at radius 2 is 1.81 bits per heavy atom. The molecule has 0 radical (unpaired) electrons. The minimum Gasteiger partial charge on any atom is -0.497 e. The molecule has 0 bridgehead atoms. The van der Waals surface area contributed by atoms with Gasteiger partial charge in [-0.3, -0.25) is 14.7 Å². The van der Waals surface area contributed by atoms with Crippen molar-refractivity contribution in [2.24, 2.45) is 0 Å². The fraction of sp³-hybridized carbons (Fsp3) is 0.182. The van der Waals surface area contributed by atoms with E-state index in [1.54, 1.807) is 24.3 Å². The van der Waals surface area contributed by atoms with Crippen LogP contribution in [0.2, 0.25) is 0 Å². The first-order chi connectivity index (χ1) is 13.1. The van der Waals surface area contributed by atoms with Crippen molar-refractivity contribution >= 4 is 17.3 Å². The first-order valence-electron chi connectivity index (χ1n) is 8.85. The average Bonchev–Trinajstić information content (AvgIpc) is 2.97. The average molecular weight is 359 g/mol. The number of anilines is 2. The fourth-order valence-electron chi connectivity index (χ4n) is 3.32. The maximum absolute atomic E-state index is 13.1. The van der Waals surface area contributed by atoms with E-state index in [1.807, 2.05) is 36.4 Å². The molecule has 1 aliphatic heterocycles. The minimum atomic E-state index is -0.371. The summed E-state index contributed by atoms with van der Waals surface area (Å²) >= 11 is 0. The Balaban J connectivity index is 1.76. The number of nitrogens with zero attached hydrogens (tertiary/aromatic N) is 2. The Morgan fingerprint density at radius 3 is 2.52 bits per heavy atom. The van der Waals surface area contributed by atoms with E-state index >= 15 is 0 Å². The summed E-state index contributed by atoms with van der Waals surface area (Å²) in [4.78, 5) is 19.3. The topological polar surface area (TPSA) is 54.5 Å². The van der Waals surface area contributed by atoms with E-state index in [-0.39, 0.29) is 12.1 Å². The highest BCUT2D eigenvalue weighted by molar-refractivity contribution is 6.11. The minimum absolute atomic E-state index is 0.0652. The van der Waals surface area contributed by atoms with Gasteiger partial charge in [-0.2, -0.15) is 0 Å². The second-order valence-electron chi connectivity index (χ2n) is 6.66. The van der Waals surface area contributed by atoms with Gasteiger partial charge in [0.1, 0.15) is 5.75 Å². The molecule has 0 saturated carbocycles. The summed E-state index contributed by atoms with van der Waals surface area (Å²) in [5, 5.41) is 3.48. The van der Waals surface area contributed by atoms with Crippen LogP contribution in [0.1, 0.15) is 33.3 Å². The van der Waals surface area contributed by atoms with Crippen molar-refractivity contribution in [3.05, 3.63) is 83.2 Å². The van der Waals surface area contributed by atoms with Crippen molar-refractivity contribution in [1.29, 1.82) is 0 Å². The van der Waals surface area contributed by atoms with Crippen molar-refractivity contribution in [2.75, 3.05) is 17.3 Å². The highest BCUT2D eigenvalue weighted by Gasteiger charge is 2.39. The molecule has 1 aliphatic rings. The number of nitrogens with one attached hydrogen (secondary N) is 1. The predicted molar refractivity (Wildman–Crippen MR) is 106 cm³/mol. The second-order valence-corrected chi connectivity index (χ2v) is 6.66. The number of carbonyl (C=O) groups is 1. The van der Waals surface area contributed by atoms with E-state index in [4.69, 9.17) is 4.74 Å². The maximum Gasteiger partial charge on any atom is 0.262 e. The second kappa shape index (κ2) is 6.76. The fourth-order valence-corrected chi connectivity index (χ4v) is 3.32. The van der Waals surface area contributed by atoms with Gasteiger partial charge in [0.25, 0.3) is 5.91 Å². The van der Waals surface area contributed by atoms with Gasteiger partial charge >= 0.3 is 0 Å². The van der Waals surface area contributed by atoms with E-state index in [1.165, 1.54) is 11.1 Å². The quantitative estimate of drug-likeness (QED) is 0.746. The molecule has 3 aromatic rings. The molecule has 2 aromatic carbocycles. The van der Waals surface area contributed by atoms with E-state index in [0.29, 0.717) is 5.56 Å². The third-order valence-electron chi connectivity index (χ3n) is 4.97. The lowest BCUT2D eigenvalue weighted by atomic mass is 10.1. The zero-order valence-corrected chi connectivity index (χ0v) is 15.6. The SMILES string of the molecule is COc1ccc(N2C(=O)c3cccnc3[C@H]2Nc2ccc(C)c(C)c2)cc1. The molecule has 2 heterocycles. The molecule has 5 nitrogen and oxygen atoms in total. The third kappa shape index (κ3) is 3.01. The van der Waals surface area contributed by atoms with E-state index in [2.05, 4.69) is 36.3 Å². The summed E-state index contributed by atoms with van der Waals surface area (Å²) < 4.78 is 5.24. The first-order valence-corrected chi connectivity index (χ1v) is 8.85. The molecular weight excluding hydrogens is 338 g/mol. The number of amides is 1. The van der Waals surface area contributed by atoms with Crippen molar-refractivity contribution in [2.45, 2.75) is 20.0 Å². The largest absolute Gasteiger partial charge is 0.497 e. The number of ether oxygens (including phenoxy) is 1. The number of benzene rings is 2. The molecule has 27 heavy (non-hydrogen) atoms. The molecule has 1 aromatic heterocycles. The van der Waals surface area contributed by atoms with E-state index < -0.39 is 0 Å². The lowest BCUT2D eigenvalue weighted by molar-refractivity contribution is 0.0993. The zero-order valence-electron chi connectivity index (χ0n) is 15.6. The van der Waals surface area contributed by atoms with Gasteiger partial charge in [0.15, 0.2) is 6.17 Å². The van der Waals surface area contributed by atoms with Gasteiger partial charge < -0.3 is 10.1 Å². The number of carbonyl (C=O) groups excluding carboxylic acids is 1. The number of hydrogen-bond donors (Lipinski definition) is 1. The summed E-state index contributed by atoms with van der Waals surface area (Å²) in [6.07, 6.45) is 1.35. The molecule has 0 spiro atoms. The van der Waals surface area contributed by atoms with Crippen molar-refractivity contribution in [3.63, 3.8) is 0 Å². The number of methoxy groups -OCH3 is 1. The summed E-state index contributed by atoms with van der Waals surface area (Å²) in [7, 11) is 1.62. The van der Waals surface area contributed by atoms with Crippen LogP contribution in [0.3, 0.4) is 0 Å². The molecule has 0 saturated heterocycles. The standard InChI is InChI=1S/C22H21N3O2/c1-14-6-7-16(13-15(14)2)24-21-20-19(5-4-12-23-20)22(26)25(21)17-8-10-18(27-3)11-9-17/h4-13,21,24H,1-3H3/t21-/m0/s1. The van der Waals surface area contributed by atoms with E-state index in [0.717, 1.165) is 22.8 Å². The molecule has 4 rings (SSSR count). The molecule has 1 amide bonds. The molecular formula is C22H21N3O2. The van der Waals surface area contributed by atoms with Gasteiger partial charge in [0.2, 0.25) is 0 Å². The first kappa shape index (κ1) is 17.1. The van der Waals surface area contributed by atoms with Crippen LogP contribution in [-0.4, -0.2) is 18.0 Å². The number of aromatic nitrogens is 1. The Labute approximate surface area is 158 Å². The number of aryl methyl sites for hydroxylation is 2. The smallest absolute Gasteiger partial charge is 0.262 e. The number of fused-ring (bicyclic) bond motifs is 1. The van der Waals surface area contributed by atoms with Crippen LogP contribution >= 0.6 is 0 Å². The lowest BCUT2D eigenvalue weighted by Crippen LogP contribution is -2.32. The van der Waals surface area contributed by atoms with Crippen LogP contribution in [0.5, 0.6) is 5.75 Å². The van der Waals surface area contributed by atoms with Gasteiger partial charge in [-0.15, -0.1) is 0 Å². The van der Waals surface area contributed by atoms with Crippen molar-refractivity contribution < 1.29 is 9.53 Å². The molecule has 0 unspecified atom stereocenters. The molecule has 0 aliphatic carbocycles. The third-order valence-corrected chi connectivity index (χ3v) is 4.97. The van der Waals surface area contributed by atoms with Crippen LogP contribution in [0.4, 0.5) is 11.4 Å².